The van der Waals surface area contributed by atoms with Gasteiger partial charge in [-0.05, 0) is 23.0 Å². The number of amides is 1. The van der Waals surface area contributed by atoms with E-state index in [4.69, 9.17) is 9.15 Å². The Hall–Kier alpha value is -3.99. The van der Waals surface area contributed by atoms with E-state index in [0.29, 0.717) is 11.6 Å². The van der Waals surface area contributed by atoms with Gasteiger partial charge >= 0.3 is 6.09 Å². The minimum Gasteiger partial charge on any atom is -0.440 e. The predicted octanol–water partition coefficient (Wildman–Crippen LogP) is 4.07. The lowest BCUT2D eigenvalue weighted by Crippen LogP contribution is -2.59. The Morgan fingerprint density at radius 3 is 2.53 bits per heavy atom. The van der Waals surface area contributed by atoms with Crippen molar-refractivity contribution in [3.05, 3.63) is 84.9 Å². The fourth-order valence-corrected chi connectivity index (χ4v) is 4.96. The molecule has 0 radical (unpaired) electrons. The minimum absolute atomic E-state index is 0.0422. The van der Waals surface area contributed by atoms with E-state index in [1.54, 1.807) is 4.90 Å². The molecule has 0 saturated carbocycles. The zero-order valence-electron chi connectivity index (χ0n) is 15.8. The maximum atomic E-state index is 13.1. The average molecular weight is 387 g/mol. The summed E-state index contributed by atoms with van der Waals surface area (Å²) in [7, 11) is 0. The first-order chi connectivity index (χ1) is 14.8. The van der Waals surface area contributed by atoms with E-state index in [2.05, 4.69) is 42.5 Å². The topological polar surface area (TPSA) is 42.7 Å². The van der Waals surface area contributed by atoms with Gasteiger partial charge in [-0.1, -0.05) is 78.3 Å². The first-order valence-corrected chi connectivity index (χ1v) is 9.95. The van der Waals surface area contributed by atoms with Crippen LogP contribution in [0.2, 0.25) is 0 Å². The highest BCUT2D eigenvalue weighted by Gasteiger charge is 2.45. The van der Waals surface area contributed by atoms with Gasteiger partial charge in [0.15, 0.2) is 0 Å². The van der Waals surface area contributed by atoms with Crippen molar-refractivity contribution in [3.63, 3.8) is 0 Å². The lowest BCUT2D eigenvalue weighted by molar-refractivity contribution is 0.209. The number of anilines is 2. The standard InChI is InChI=1S/C25H14BNO3/c28-25-27-23-18(14-13-15-7-6-12-20(30-25)21(15)23)26(16-8-2-1-3-9-16)22-17-10-4-5-11-19(17)29-24(22)27/h1-14H. The lowest BCUT2D eigenvalue weighted by atomic mass is 9.35. The molecule has 0 N–H and O–H groups in total. The number of nitrogens with zero attached hydrogens (tertiary/aromatic N) is 1. The van der Waals surface area contributed by atoms with Crippen LogP contribution in [0.5, 0.6) is 5.75 Å². The molecule has 0 unspecified atom stereocenters. The number of furan rings is 1. The highest BCUT2D eigenvalue weighted by molar-refractivity contribution is 6.99. The molecule has 1 aromatic heterocycles. The van der Waals surface area contributed by atoms with Crippen LogP contribution in [0.1, 0.15) is 0 Å². The van der Waals surface area contributed by atoms with Crippen LogP contribution in [0.4, 0.5) is 16.4 Å². The molecule has 7 rings (SSSR count). The zero-order valence-corrected chi connectivity index (χ0v) is 15.8. The van der Waals surface area contributed by atoms with Crippen molar-refractivity contribution < 1.29 is 13.9 Å². The molecule has 0 saturated heterocycles. The van der Waals surface area contributed by atoms with E-state index in [1.807, 2.05) is 42.5 Å². The van der Waals surface area contributed by atoms with E-state index in [-0.39, 0.29) is 6.71 Å². The second kappa shape index (κ2) is 5.54. The fraction of sp³-hybridized carbons (Fsp3) is 0. The van der Waals surface area contributed by atoms with Gasteiger partial charge in [-0.3, -0.25) is 0 Å². The van der Waals surface area contributed by atoms with Gasteiger partial charge in [-0.25, -0.2) is 9.69 Å². The number of hydrogen-bond donors (Lipinski definition) is 0. The van der Waals surface area contributed by atoms with E-state index in [9.17, 15) is 4.79 Å². The van der Waals surface area contributed by atoms with Gasteiger partial charge in [0.05, 0.1) is 5.69 Å². The smallest absolute Gasteiger partial charge is 0.426 e. The quantitative estimate of drug-likeness (QED) is 0.408. The van der Waals surface area contributed by atoms with Gasteiger partial charge < -0.3 is 9.15 Å². The Morgan fingerprint density at radius 2 is 1.63 bits per heavy atom. The van der Waals surface area contributed by atoms with Crippen molar-refractivity contribution in [3.8, 4) is 5.75 Å². The Kier molecular flexibility index (Phi) is 2.93. The third-order valence-electron chi connectivity index (χ3n) is 6.16. The van der Waals surface area contributed by atoms with Crippen molar-refractivity contribution in [1.29, 1.82) is 0 Å². The number of para-hydroxylation sites is 1. The summed E-state index contributed by atoms with van der Waals surface area (Å²) < 4.78 is 12.0. The number of rotatable bonds is 1. The Balaban J connectivity index is 1.68. The predicted molar refractivity (Wildman–Crippen MR) is 119 cm³/mol. The molecule has 0 spiro atoms. The molecule has 30 heavy (non-hydrogen) atoms. The summed E-state index contributed by atoms with van der Waals surface area (Å²) in [5.74, 6) is 1.14. The largest absolute Gasteiger partial charge is 0.440 e. The Bertz CT molecular complexity index is 1510. The van der Waals surface area contributed by atoms with Crippen LogP contribution in [-0.2, 0) is 0 Å². The van der Waals surface area contributed by atoms with Gasteiger partial charge in [-0.2, -0.15) is 0 Å². The van der Waals surface area contributed by atoms with Crippen molar-refractivity contribution >= 4 is 62.5 Å². The van der Waals surface area contributed by atoms with Gasteiger partial charge in [0.1, 0.15) is 11.3 Å². The highest BCUT2D eigenvalue weighted by atomic mass is 16.6. The molecule has 5 heteroatoms. The highest BCUT2D eigenvalue weighted by Crippen LogP contribution is 2.44. The van der Waals surface area contributed by atoms with Crippen molar-refractivity contribution in [2.45, 2.75) is 0 Å². The molecule has 0 atom stereocenters. The van der Waals surface area contributed by atoms with Gasteiger partial charge in [0.25, 0.3) is 6.71 Å². The first-order valence-electron chi connectivity index (χ1n) is 9.95. The Morgan fingerprint density at radius 1 is 0.800 bits per heavy atom. The molecule has 2 aliphatic heterocycles. The number of benzene rings is 4. The Labute approximate surface area is 172 Å². The minimum atomic E-state index is -0.436. The molecule has 140 valence electrons. The van der Waals surface area contributed by atoms with Crippen molar-refractivity contribution in [2.75, 3.05) is 4.90 Å². The van der Waals surface area contributed by atoms with Crippen LogP contribution in [0.25, 0.3) is 21.7 Å². The van der Waals surface area contributed by atoms with Crippen LogP contribution in [0, 0.1) is 0 Å². The molecule has 1 amide bonds. The zero-order chi connectivity index (χ0) is 19.8. The van der Waals surface area contributed by atoms with Crippen LogP contribution in [0.3, 0.4) is 0 Å². The molecule has 4 aromatic carbocycles. The van der Waals surface area contributed by atoms with Crippen molar-refractivity contribution in [2.24, 2.45) is 0 Å². The SMILES string of the molecule is O=C1Oc2cccc3ccc4c(c23)N1c1oc2ccccc2c1B4c1ccccc1. The third-order valence-corrected chi connectivity index (χ3v) is 6.16. The molecule has 0 fully saturated rings. The van der Waals surface area contributed by atoms with Gasteiger partial charge in [0.2, 0.25) is 5.88 Å². The lowest BCUT2D eigenvalue weighted by Gasteiger charge is -2.35. The second-order valence-corrected chi connectivity index (χ2v) is 7.72. The van der Waals surface area contributed by atoms with Crippen LogP contribution in [-0.4, -0.2) is 12.8 Å². The summed E-state index contributed by atoms with van der Waals surface area (Å²) in [6, 6.07) is 28.4. The van der Waals surface area contributed by atoms with Crippen LogP contribution >= 0.6 is 0 Å². The third kappa shape index (κ3) is 1.89. The van der Waals surface area contributed by atoms with E-state index < -0.39 is 6.09 Å². The first kappa shape index (κ1) is 15.9. The molecule has 5 aromatic rings. The summed E-state index contributed by atoms with van der Waals surface area (Å²) in [6.07, 6.45) is -0.436. The monoisotopic (exact) mass is 387 g/mol. The summed E-state index contributed by atoms with van der Waals surface area (Å²) in [5.41, 5.74) is 4.87. The van der Waals surface area contributed by atoms with Gasteiger partial charge in [-0.15, -0.1) is 0 Å². The normalized spacial score (nSPS) is 14.2. The summed E-state index contributed by atoms with van der Waals surface area (Å²) >= 11 is 0. The number of carbonyl (C=O) groups excluding carboxylic acids is 1. The maximum absolute atomic E-state index is 13.1. The molecular weight excluding hydrogens is 373 g/mol. The molecule has 4 nitrogen and oxygen atoms in total. The van der Waals surface area contributed by atoms with Crippen molar-refractivity contribution in [1.82, 2.24) is 0 Å². The van der Waals surface area contributed by atoms with Crippen LogP contribution in [0.15, 0.2) is 89.3 Å². The van der Waals surface area contributed by atoms with Crippen LogP contribution < -0.4 is 26.0 Å². The number of ether oxygens (including phenoxy) is 1. The molecule has 0 bridgehead atoms. The van der Waals surface area contributed by atoms with Gasteiger partial charge in [0, 0.05) is 16.2 Å². The van der Waals surface area contributed by atoms with E-state index >= 15 is 0 Å². The summed E-state index contributed by atoms with van der Waals surface area (Å²) in [4.78, 5) is 14.8. The average Bonchev–Trinajstić information content (AvgIpc) is 3.16. The number of fused-ring (bicyclic) bond motifs is 4. The maximum Gasteiger partial charge on any atom is 0.426 e. The fourth-order valence-electron chi connectivity index (χ4n) is 4.96. The van der Waals surface area contributed by atoms with E-state index in [1.165, 1.54) is 0 Å². The summed E-state index contributed by atoms with van der Waals surface area (Å²) in [5, 5.41) is 3.00. The second-order valence-electron chi connectivity index (χ2n) is 7.72. The number of hydrogen-bond acceptors (Lipinski definition) is 3. The molecule has 2 aliphatic rings. The van der Waals surface area contributed by atoms with E-state index in [0.717, 1.165) is 43.8 Å². The molecular formula is C25H14BNO3. The summed E-state index contributed by atoms with van der Waals surface area (Å²) in [6.45, 7) is -0.0422. The molecule has 0 aliphatic carbocycles. The molecule has 3 heterocycles. The number of carbonyl (C=O) groups is 1.